The predicted octanol–water partition coefficient (Wildman–Crippen LogP) is 2.27. The summed E-state index contributed by atoms with van der Waals surface area (Å²) < 4.78 is 0. The lowest BCUT2D eigenvalue weighted by Gasteiger charge is -2.40. The maximum atomic E-state index is 12.9. The van der Waals surface area contributed by atoms with E-state index >= 15 is 0 Å². The number of carbonyl (C=O) groups excluding carboxylic acids is 2. The molecule has 2 aromatic carbocycles. The molecule has 0 aliphatic carbocycles. The fourth-order valence-electron chi connectivity index (χ4n) is 4.20. The number of hydrogen-bond donors (Lipinski definition) is 1. The summed E-state index contributed by atoms with van der Waals surface area (Å²) in [6.07, 6.45) is 0.865. The van der Waals surface area contributed by atoms with Crippen molar-refractivity contribution < 1.29 is 9.59 Å². The number of hydrogen-bond acceptors (Lipinski definition) is 3. The van der Waals surface area contributed by atoms with Gasteiger partial charge in [0, 0.05) is 32.7 Å². The molecule has 0 saturated carbocycles. The van der Waals surface area contributed by atoms with Gasteiger partial charge in [-0.25, -0.2) is 4.79 Å². The van der Waals surface area contributed by atoms with Crippen molar-refractivity contribution in [3.63, 3.8) is 0 Å². The summed E-state index contributed by atoms with van der Waals surface area (Å²) in [4.78, 5) is 31.5. The first-order chi connectivity index (χ1) is 14.1. The zero-order valence-corrected chi connectivity index (χ0v) is 16.9. The Morgan fingerprint density at radius 1 is 0.966 bits per heavy atom. The number of amides is 3. The number of rotatable bonds is 3. The molecule has 0 radical (unpaired) electrons. The minimum absolute atomic E-state index is 0.00749. The first-order valence-corrected chi connectivity index (χ1v) is 10.2. The van der Waals surface area contributed by atoms with Crippen molar-refractivity contribution in [1.29, 1.82) is 0 Å². The highest BCUT2D eigenvalue weighted by Crippen LogP contribution is 2.25. The first kappa shape index (κ1) is 19.5. The third kappa shape index (κ3) is 4.43. The fourth-order valence-corrected chi connectivity index (χ4v) is 4.20. The van der Waals surface area contributed by atoms with Gasteiger partial charge >= 0.3 is 6.03 Å². The fraction of sp³-hybridized carbons (Fsp3) is 0.391. The van der Waals surface area contributed by atoms with Crippen molar-refractivity contribution in [3.05, 3.63) is 71.3 Å². The second kappa shape index (κ2) is 8.66. The summed E-state index contributed by atoms with van der Waals surface area (Å²) in [5.74, 6) is -0.0294. The summed E-state index contributed by atoms with van der Waals surface area (Å²) in [5, 5.41) is 2.87. The van der Waals surface area contributed by atoms with Crippen LogP contribution in [0.5, 0.6) is 0 Å². The maximum Gasteiger partial charge on any atom is 0.318 e. The van der Waals surface area contributed by atoms with E-state index in [0.29, 0.717) is 19.6 Å². The highest BCUT2D eigenvalue weighted by atomic mass is 16.2. The van der Waals surface area contributed by atoms with Gasteiger partial charge in [0.25, 0.3) is 0 Å². The first-order valence-electron chi connectivity index (χ1n) is 10.2. The smallest absolute Gasteiger partial charge is 0.318 e. The van der Waals surface area contributed by atoms with Crippen molar-refractivity contribution in [2.75, 3.05) is 39.8 Å². The van der Waals surface area contributed by atoms with Gasteiger partial charge in [-0.15, -0.1) is 0 Å². The monoisotopic (exact) mass is 392 g/mol. The van der Waals surface area contributed by atoms with Gasteiger partial charge in [0.2, 0.25) is 5.91 Å². The van der Waals surface area contributed by atoms with Crippen LogP contribution in [0, 0.1) is 0 Å². The number of benzene rings is 2. The van der Waals surface area contributed by atoms with Crippen LogP contribution in [0.25, 0.3) is 0 Å². The van der Waals surface area contributed by atoms with Crippen molar-refractivity contribution in [3.8, 4) is 0 Å². The normalized spacial score (nSPS) is 19.6. The van der Waals surface area contributed by atoms with Gasteiger partial charge < -0.3 is 20.0 Å². The Morgan fingerprint density at radius 2 is 1.69 bits per heavy atom. The van der Waals surface area contributed by atoms with Crippen LogP contribution in [0.2, 0.25) is 0 Å². The molecule has 2 aliphatic rings. The second-order valence-electron chi connectivity index (χ2n) is 7.87. The Morgan fingerprint density at radius 3 is 2.48 bits per heavy atom. The SMILES string of the molecule is CN1CCN(C(=O)NCC(=O)N2CCc3ccccc3C2)C(c2ccccc2)C1. The summed E-state index contributed by atoms with van der Waals surface area (Å²) >= 11 is 0. The molecule has 0 spiro atoms. The molecule has 1 saturated heterocycles. The Balaban J connectivity index is 1.36. The minimum atomic E-state index is -0.169. The summed E-state index contributed by atoms with van der Waals surface area (Å²) in [6.45, 7) is 3.61. The number of piperazine rings is 1. The Kier molecular flexibility index (Phi) is 5.81. The predicted molar refractivity (Wildman–Crippen MR) is 112 cm³/mol. The van der Waals surface area contributed by atoms with Crippen LogP contribution < -0.4 is 5.32 Å². The quantitative estimate of drug-likeness (QED) is 0.872. The van der Waals surface area contributed by atoms with Gasteiger partial charge in [-0.2, -0.15) is 0 Å². The Labute approximate surface area is 172 Å². The van der Waals surface area contributed by atoms with E-state index in [1.165, 1.54) is 11.1 Å². The van der Waals surface area contributed by atoms with Crippen LogP contribution in [-0.2, 0) is 17.8 Å². The number of urea groups is 1. The van der Waals surface area contributed by atoms with E-state index in [1.807, 2.05) is 40.1 Å². The second-order valence-corrected chi connectivity index (χ2v) is 7.87. The highest BCUT2D eigenvalue weighted by molar-refractivity contribution is 5.84. The molecule has 2 heterocycles. The zero-order chi connectivity index (χ0) is 20.2. The number of carbonyl (C=O) groups is 2. The number of likely N-dealkylation sites (N-methyl/N-ethyl adjacent to an activating group) is 1. The van der Waals surface area contributed by atoms with E-state index in [4.69, 9.17) is 0 Å². The average Bonchev–Trinajstić information content (AvgIpc) is 2.77. The van der Waals surface area contributed by atoms with E-state index in [2.05, 4.69) is 41.5 Å². The molecule has 1 atom stereocenters. The Hall–Kier alpha value is -2.86. The molecule has 1 fully saturated rings. The summed E-state index contributed by atoms with van der Waals surface area (Å²) in [5.41, 5.74) is 3.62. The van der Waals surface area contributed by atoms with Crippen LogP contribution in [-0.4, -0.2) is 66.4 Å². The van der Waals surface area contributed by atoms with Gasteiger partial charge in [0.1, 0.15) is 0 Å². The molecule has 29 heavy (non-hydrogen) atoms. The van der Waals surface area contributed by atoms with Crippen LogP contribution >= 0.6 is 0 Å². The standard InChI is InChI=1S/C23H28N4O2/c1-25-13-14-27(21(17-25)19-8-3-2-4-9-19)23(29)24-15-22(28)26-12-11-18-7-5-6-10-20(18)16-26/h2-10,21H,11-17H2,1H3,(H,24,29). The third-order valence-electron chi connectivity index (χ3n) is 5.90. The van der Waals surface area contributed by atoms with Crippen molar-refractivity contribution >= 4 is 11.9 Å². The van der Waals surface area contributed by atoms with Crippen LogP contribution in [0.4, 0.5) is 4.79 Å². The highest BCUT2D eigenvalue weighted by Gasteiger charge is 2.30. The molecule has 2 aliphatic heterocycles. The van der Waals surface area contributed by atoms with Gasteiger partial charge in [0.15, 0.2) is 0 Å². The molecular weight excluding hydrogens is 364 g/mol. The molecule has 1 N–H and O–H groups in total. The summed E-state index contributed by atoms with van der Waals surface area (Å²) in [7, 11) is 2.07. The third-order valence-corrected chi connectivity index (χ3v) is 5.90. The molecule has 2 aromatic rings. The molecule has 6 nitrogen and oxygen atoms in total. The molecular formula is C23H28N4O2. The zero-order valence-electron chi connectivity index (χ0n) is 16.9. The van der Waals surface area contributed by atoms with Gasteiger partial charge in [-0.3, -0.25) is 4.79 Å². The summed E-state index contributed by atoms with van der Waals surface area (Å²) in [6, 6.07) is 18.1. The molecule has 152 valence electrons. The van der Waals surface area contributed by atoms with Crippen molar-refractivity contribution in [1.82, 2.24) is 20.0 Å². The maximum absolute atomic E-state index is 12.9. The molecule has 4 rings (SSSR count). The van der Waals surface area contributed by atoms with Gasteiger partial charge in [-0.1, -0.05) is 54.6 Å². The lowest BCUT2D eigenvalue weighted by Crippen LogP contribution is -2.53. The number of nitrogens with one attached hydrogen (secondary N) is 1. The Bertz CT molecular complexity index is 870. The van der Waals surface area contributed by atoms with Crippen molar-refractivity contribution in [2.45, 2.75) is 19.0 Å². The molecule has 0 aromatic heterocycles. The minimum Gasteiger partial charge on any atom is -0.336 e. The molecule has 0 bridgehead atoms. The topological polar surface area (TPSA) is 55.9 Å². The molecule has 1 unspecified atom stereocenters. The van der Waals surface area contributed by atoms with E-state index in [-0.39, 0.29) is 24.5 Å². The van der Waals surface area contributed by atoms with Crippen LogP contribution in [0.15, 0.2) is 54.6 Å². The number of nitrogens with zero attached hydrogens (tertiary/aromatic N) is 3. The van der Waals surface area contributed by atoms with Gasteiger partial charge in [-0.05, 0) is 30.2 Å². The van der Waals surface area contributed by atoms with E-state index in [0.717, 1.165) is 25.1 Å². The average molecular weight is 393 g/mol. The molecule has 3 amide bonds. The van der Waals surface area contributed by atoms with Gasteiger partial charge in [0.05, 0.1) is 12.6 Å². The largest absolute Gasteiger partial charge is 0.336 e. The van der Waals surface area contributed by atoms with Crippen LogP contribution in [0.3, 0.4) is 0 Å². The van der Waals surface area contributed by atoms with E-state index in [1.54, 1.807) is 0 Å². The van der Waals surface area contributed by atoms with Crippen molar-refractivity contribution in [2.24, 2.45) is 0 Å². The van der Waals surface area contributed by atoms with Crippen LogP contribution in [0.1, 0.15) is 22.7 Å². The number of fused-ring (bicyclic) bond motifs is 1. The van der Waals surface area contributed by atoms with E-state index in [9.17, 15) is 9.59 Å². The lowest BCUT2D eigenvalue weighted by molar-refractivity contribution is -0.131. The van der Waals surface area contributed by atoms with E-state index < -0.39 is 0 Å². The molecule has 6 heteroatoms. The lowest BCUT2D eigenvalue weighted by atomic mass is 10.00.